The maximum atomic E-state index is 13.4. The second kappa shape index (κ2) is 8.55. The highest BCUT2D eigenvalue weighted by Crippen LogP contribution is 2.34. The molecule has 0 saturated carbocycles. The first kappa shape index (κ1) is 21.0. The predicted molar refractivity (Wildman–Crippen MR) is 132 cm³/mol. The Morgan fingerprint density at radius 1 is 1.00 bits per heavy atom. The fourth-order valence-corrected chi connectivity index (χ4v) is 4.34. The van der Waals surface area contributed by atoms with Gasteiger partial charge in [0.05, 0.1) is 22.0 Å². The zero-order valence-corrected chi connectivity index (χ0v) is 19.3. The number of hydrogen-bond acceptors (Lipinski definition) is 3. The van der Waals surface area contributed by atoms with E-state index in [9.17, 15) is 9.59 Å². The largest absolute Gasteiger partial charge is 0.288 e. The Morgan fingerprint density at radius 3 is 2.58 bits per heavy atom. The first-order valence-electron chi connectivity index (χ1n) is 10.4. The number of amides is 1. The summed E-state index contributed by atoms with van der Waals surface area (Å²) < 4.78 is 0.900. The number of rotatable bonds is 3. The molecule has 3 aromatic carbocycles. The smallest absolute Gasteiger partial charge is 0.285 e. The molecule has 5 rings (SSSR count). The lowest BCUT2D eigenvalue weighted by molar-refractivity contribution is -0.114. The summed E-state index contributed by atoms with van der Waals surface area (Å²) in [6, 6.07) is 23.0. The molecule has 0 bridgehead atoms. The van der Waals surface area contributed by atoms with Crippen molar-refractivity contribution in [3.63, 3.8) is 0 Å². The van der Waals surface area contributed by atoms with Crippen LogP contribution in [0.4, 0.5) is 0 Å². The van der Waals surface area contributed by atoms with E-state index in [1.165, 1.54) is 6.08 Å². The average Bonchev–Trinajstić information content (AvgIpc) is 2.82. The number of aryl methyl sites for hydroxylation is 1. The minimum atomic E-state index is -0.418. The summed E-state index contributed by atoms with van der Waals surface area (Å²) in [6.07, 6.45) is 3.02. The Morgan fingerprint density at radius 2 is 1.76 bits per heavy atom. The summed E-state index contributed by atoms with van der Waals surface area (Å²) in [5.41, 5.74) is 6.76. The second-order valence-corrected chi connectivity index (χ2v) is 8.58. The minimum absolute atomic E-state index is 0.248. The number of para-hydroxylation sites is 1. The van der Waals surface area contributed by atoms with E-state index in [-0.39, 0.29) is 11.4 Å². The number of aromatic nitrogens is 1. The van der Waals surface area contributed by atoms with Crippen LogP contribution < -0.4 is 10.6 Å². The van der Waals surface area contributed by atoms with Crippen molar-refractivity contribution in [1.29, 1.82) is 0 Å². The van der Waals surface area contributed by atoms with Gasteiger partial charge in [0.15, 0.2) is 5.78 Å². The van der Waals surface area contributed by atoms with Gasteiger partial charge in [-0.1, -0.05) is 64.5 Å². The Labute approximate surface area is 198 Å². The maximum Gasteiger partial charge on any atom is 0.285 e. The monoisotopic (exact) mass is 492 g/mol. The first-order valence-corrected chi connectivity index (χ1v) is 11.2. The molecule has 0 spiro atoms. The van der Waals surface area contributed by atoms with E-state index < -0.39 is 5.91 Å². The molecular weight excluding hydrogens is 476 g/mol. The Kier molecular flexibility index (Phi) is 5.43. The fourth-order valence-electron chi connectivity index (χ4n) is 3.98. The highest BCUT2D eigenvalue weighted by molar-refractivity contribution is 9.10. The quantitative estimate of drug-likeness (QED) is 0.232. The van der Waals surface area contributed by atoms with Crippen LogP contribution in [0.2, 0.25) is 0 Å². The molecule has 2 heterocycles. The molecule has 4 aromatic rings. The summed E-state index contributed by atoms with van der Waals surface area (Å²) in [5, 5.41) is 2.31. The Bertz CT molecular complexity index is 1650. The zero-order valence-electron chi connectivity index (χ0n) is 17.7. The van der Waals surface area contributed by atoms with Gasteiger partial charge in [0.25, 0.3) is 5.91 Å². The third-order valence-electron chi connectivity index (χ3n) is 5.48. The SMILES string of the molecule is Cc1nc2ccc(Br)cc2c(-c2ccccc2)c1C(=O)C=C=C1C=c2ccccc2=NC1=O. The summed E-state index contributed by atoms with van der Waals surface area (Å²) in [4.78, 5) is 34.6. The van der Waals surface area contributed by atoms with Gasteiger partial charge in [-0.25, -0.2) is 4.99 Å². The van der Waals surface area contributed by atoms with Crippen molar-refractivity contribution in [2.45, 2.75) is 6.92 Å². The van der Waals surface area contributed by atoms with Gasteiger partial charge in [-0.2, -0.15) is 0 Å². The summed E-state index contributed by atoms with van der Waals surface area (Å²) in [5.74, 6) is -0.688. The highest BCUT2D eigenvalue weighted by atomic mass is 79.9. The molecule has 0 aliphatic carbocycles. The normalized spacial score (nSPS) is 12.4. The van der Waals surface area contributed by atoms with E-state index in [1.807, 2.05) is 73.7 Å². The van der Waals surface area contributed by atoms with E-state index in [4.69, 9.17) is 0 Å². The van der Waals surface area contributed by atoms with Crippen LogP contribution in [0, 0.1) is 6.92 Å². The molecule has 1 aromatic heterocycles. The highest BCUT2D eigenvalue weighted by Gasteiger charge is 2.19. The van der Waals surface area contributed by atoms with Gasteiger partial charge in [-0.15, -0.1) is 5.73 Å². The van der Waals surface area contributed by atoms with E-state index in [0.29, 0.717) is 16.6 Å². The second-order valence-electron chi connectivity index (χ2n) is 7.66. The lowest BCUT2D eigenvalue weighted by Crippen LogP contribution is -2.29. The Hall–Kier alpha value is -3.92. The first-order chi connectivity index (χ1) is 16.0. The molecule has 0 unspecified atom stereocenters. The van der Waals surface area contributed by atoms with Gasteiger partial charge in [-0.05, 0) is 42.8 Å². The van der Waals surface area contributed by atoms with Crippen molar-refractivity contribution in [1.82, 2.24) is 4.98 Å². The Balaban J connectivity index is 1.71. The topological polar surface area (TPSA) is 59.4 Å². The molecule has 0 N–H and O–H groups in total. The van der Waals surface area contributed by atoms with Crippen molar-refractivity contribution < 1.29 is 9.59 Å². The molecule has 1 aliphatic heterocycles. The van der Waals surface area contributed by atoms with Gasteiger partial charge in [-0.3, -0.25) is 14.6 Å². The molecule has 158 valence electrons. The minimum Gasteiger partial charge on any atom is -0.288 e. The van der Waals surface area contributed by atoms with Gasteiger partial charge in [0.1, 0.15) is 0 Å². The summed E-state index contributed by atoms with van der Waals surface area (Å²) in [6.45, 7) is 1.83. The molecule has 5 heteroatoms. The van der Waals surface area contributed by atoms with Crippen molar-refractivity contribution in [2.75, 3.05) is 0 Å². The van der Waals surface area contributed by atoms with E-state index in [2.05, 4.69) is 31.6 Å². The molecule has 33 heavy (non-hydrogen) atoms. The van der Waals surface area contributed by atoms with Crippen LogP contribution in [-0.4, -0.2) is 16.7 Å². The molecular formula is C28H17BrN2O2. The van der Waals surface area contributed by atoms with Crippen LogP contribution in [0.15, 0.2) is 99.6 Å². The van der Waals surface area contributed by atoms with E-state index in [0.717, 1.165) is 31.7 Å². The molecule has 0 saturated heterocycles. The van der Waals surface area contributed by atoms with Crippen molar-refractivity contribution in [2.24, 2.45) is 4.99 Å². The summed E-state index contributed by atoms with van der Waals surface area (Å²) >= 11 is 3.53. The molecule has 1 aliphatic rings. The maximum absolute atomic E-state index is 13.4. The predicted octanol–water partition coefficient (Wildman–Crippen LogP) is 4.88. The van der Waals surface area contributed by atoms with Crippen LogP contribution in [0.1, 0.15) is 16.1 Å². The number of carbonyl (C=O) groups is 2. The standard InChI is InChI=1S/C28H17BrN2O2/c1-17-26(25(32)14-11-20-15-19-9-5-6-10-23(19)31-28(20)33)27(18-7-3-2-4-8-18)22-16-21(29)12-13-24(22)30-17/h2-10,12-16H,1H3. The molecule has 1 amide bonds. The van der Waals surface area contributed by atoms with Gasteiger partial charge in [0.2, 0.25) is 0 Å². The number of fused-ring (bicyclic) bond motifs is 2. The van der Waals surface area contributed by atoms with Crippen LogP contribution in [0.25, 0.3) is 28.1 Å². The molecule has 0 radical (unpaired) electrons. The van der Waals surface area contributed by atoms with E-state index in [1.54, 1.807) is 12.1 Å². The number of carbonyl (C=O) groups excluding carboxylic acids is 2. The van der Waals surface area contributed by atoms with Gasteiger partial charge < -0.3 is 0 Å². The third-order valence-corrected chi connectivity index (χ3v) is 5.98. The zero-order chi connectivity index (χ0) is 22.9. The van der Waals surface area contributed by atoms with Crippen molar-refractivity contribution in [3.8, 4) is 11.1 Å². The fraction of sp³-hybridized carbons (Fsp3) is 0.0357. The number of benzene rings is 3. The molecule has 0 fully saturated rings. The van der Waals surface area contributed by atoms with Gasteiger partial charge in [0, 0.05) is 32.4 Å². The molecule has 4 nitrogen and oxygen atoms in total. The van der Waals surface area contributed by atoms with Crippen LogP contribution >= 0.6 is 15.9 Å². The van der Waals surface area contributed by atoms with Crippen molar-refractivity contribution >= 4 is 44.6 Å². The van der Waals surface area contributed by atoms with E-state index >= 15 is 0 Å². The number of halogens is 1. The lowest BCUT2D eigenvalue weighted by atomic mass is 9.92. The van der Waals surface area contributed by atoms with Crippen LogP contribution in [-0.2, 0) is 4.79 Å². The molecule has 0 atom stereocenters. The number of ketones is 1. The lowest BCUT2D eigenvalue weighted by Gasteiger charge is -2.14. The summed E-state index contributed by atoms with van der Waals surface area (Å²) in [7, 11) is 0. The number of pyridine rings is 1. The third kappa shape index (κ3) is 4.00. The number of hydrogen-bond donors (Lipinski definition) is 0. The average molecular weight is 493 g/mol. The van der Waals surface area contributed by atoms with Crippen LogP contribution in [0.3, 0.4) is 0 Å². The van der Waals surface area contributed by atoms with Gasteiger partial charge >= 0.3 is 0 Å². The number of nitrogens with zero attached hydrogens (tertiary/aromatic N) is 2. The van der Waals surface area contributed by atoms with Crippen molar-refractivity contribution in [3.05, 3.63) is 116 Å². The van der Waals surface area contributed by atoms with Crippen LogP contribution in [0.5, 0.6) is 0 Å².